The van der Waals surface area contributed by atoms with Crippen LogP contribution < -0.4 is 10.6 Å². The van der Waals surface area contributed by atoms with Gasteiger partial charge < -0.3 is 10.6 Å². The SMILES string of the molecule is O=C(NCCNC1CC1)C1CCCS1. The van der Waals surface area contributed by atoms with Crippen LogP contribution in [0.15, 0.2) is 0 Å². The van der Waals surface area contributed by atoms with E-state index in [-0.39, 0.29) is 11.2 Å². The summed E-state index contributed by atoms with van der Waals surface area (Å²) in [4.78, 5) is 11.5. The molecule has 14 heavy (non-hydrogen) atoms. The van der Waals surface area contributed by atoms with E-state index < -0.39 is 0 Å². The van der Waals surface area contributed by atoms with Crippen LogP contribution in [0.1, 0.15) is 25.7 Å². The van der Waals surface area contributed by atoms with E-state index in [0.29, 0.717) is 0 Å². The molecule has 1 saturated carbocycles. The summed E-state index contributed by atoms with van der Waals surface area (Å²) in [5.41, 5.74) is 0. The molecule has 0 aromatic rings. The second-order valence-corrected chi connectivity index (χ2v) is 5.33. The molecule has 1 unspecified atom stereocenters. The third kappa shape index (κ3) is 3.17. The van der Waals surface area contributed by atoms with Crippen LogP contribution in [0.2, 0.25) is 0 Å². The van der Waals surface area contributed by atoms with Crippen LogP contribution in [-0.2, 0) is 4.79 Å². The number of amides is 1. The molecule has 0 aromatic heterocycles. The number of hydrogen-bond donors (Lipinski definition) is 2. The van der Waals surface area contributed by atoms with E-state index in [9.17, 15) is 4.79 Å². The van der Waals surface area contributed by atoms with E-state index in [1.165, 1.54) is 19.3 Å². The number of carbonyl (C=O) groups excluding carboxylic acids is 1. The van der Waals surface area contributed by atoms with Crippen molar-refractivity contribution in [2.24, 2.45) is 0 Å². The molecule has 2 aliphatic rings. The van der Waals surface area contributed by atoms with E-state index in [1.54, 1.807) is 11.8 Å². The van der Waals surface area contributed by atoms with Crippen molar-refractivity contribution in [1.29, 1.82) is 0 Å². The van der Waals surface area contributed by atoms with Gasteiger partial charge in [0.2, 0.25) is 5.91 Å². The van der Waals surface area contributed by atoms with Gasteiger partial charge in [-0.25, -0.2) is 0 Å². The zero-order valence-corrected chi connectivity index (χ0v) is 9.24. The zero-order chi connectivity index (χ0) is 9.80. The molecule has 2 rings (SSSR count). The summed E-state index contributed by atoms with van der Waals surface area (Å²) in [5.74, 6) is 1.39. The molecule has 80 valence electrons. The maximum Gasteiger partial charge on any atom is 0.233 e. The molecule has 2 N–H and O–H groups in total. The van der Waals surface area contributed by atoms with Crippen LogP contribution in [0.5, 0.6) is 0 Å². The summed E-state index contributed by atoms with van der Waals surface area (Å²) in [7, 11) is 0. The van der Waals surface area contributed by atoms with Crippen molar-refractivity contribution in [2.45, 2.75) is 37.0 Å². The van der Waals surface area contributed by atoms with Crippen molar-refractivity contribution in [2.75, 3.05) is 18.8 Å². The first-order valence-corrected chi connectivity index (χ1v) is 6.54. The van der Waals surface area contributed by atoms with Gasteiger partial charge in [-0.05, 0) is 31.4 Å². The normalized spacial score (nSPS) is 26.4. The molecule has 0 bridgehead atoms. The quantitative estimate of drug-likeness (QED) is 0.664. The average molecular weight is 214 g/mol. The third-order valence-electron chi connectivity index (χ3n) is 2.66. The van der Waals surface area contributed by atoms with Crippen molar-refractivity contribution in [3.05, 3.63) is 0 Å². The van der Waals surface area contributed by atoms with Crippen LogP contribution in [0.25, 0.3) is 0 Å². The predicted molar refractivity (Wildman–Crippen MR) is 59.5 cm³/mol. The monoisotopic (exact) mass is 214 g/mol. The largest absolute Gasteiger partial charge is 0.354 e. The lowest BCUT2D eigenvalue weighted by Crippen LogP contribution is -2.36. The Morgan fingerprint density at radius 3 is 2.79 bits per heavy atom. The highest BCUT2D eigenvalue weighted by atomic mass is 32.2. The maximum atomic E-state index is 11.5. The topological polar surface area (TPSA) is 41.1 Å². The Morgan fingerprint density at radius 1 is 1.29 bits per heavy atom. The molecular formula is C10H18N2OS. The van der Waals surface area contributed by atoms with Gasteiger partial charge in [-0.1, -0.05) is 0 Å². The molecule has 3 nitrogen and oxygen atoms in total. The first-order valence-electron chi connectivity index (χ1n) is 5.49. The first-order chi connectivity index (χ1) is 6.86. The van der Waals surface area contributed by atoms with Gasteiger partial charge in [-0.2, -0.15) is 0 Å². The van der Waals surface area contributed by atoms with Crippen molar-refractivity contribution < 1.29 is 4.79 Å². The molecule has 1 aliphatic heterocycles. The standard InChI is InChI=1S/C10H18N2OS/c13-10(9-2-1-7-14-9)12-6-5-11-8-3-4-8/h8-9,11H,1-7H2,(H,12,13). The van der Waals surface area contributed by atoms with Crippen LogP contribution in [0.4, 0.5) is 0 Å². The van der Waals surface area contributed by atoms with Crippen molar-refractivity contribution in [1.82, 2.24) is 10.6 Å². The van der Waals surface area contributed by atoms with Gasteiger partial charge in [0, 0.05) is 19.1 Å². The number of rotatable bonds is 5. The van der Waals surface area contributed by atoms with Crippen LogP contribution >= 0.6 is 11.8 Å². The Hall–Kier alpha value is -0.220. The summed E-state index contributed by atoms with van der Waals surface area (Å²) in [6, 6.07) is 0.743. The second kappa shape index (κ2) is 5.03. The highest BCUT2D eigenvalue weighted by molar-refractivity contribution is 8.00. The smallest absolute Gasteiger partial charge is 0.233 e. The zero-order valence-electron chi connectivity index (χ0n) is 8.42. The summed E-state index contributed by atoms with van der Waals surface area (Å²) in [6.07, 6.45) is 4.88. The summed E-state index contributed by atoms with van der Waals surface area (Å²) >= 11 is 1.79. The fraction of sp³-hybridized carbons (Fsp3) is 0.900. The molecule has 2 fully saturated rings. The molecular weight excluding hydrogens is 196 g/mol. The maximum absolute atomic E-state index is 11.5. The van der Waals surface area contributed by atoms with Gasteiger partial charge in [0.25, 0.3) is 0 Å². The third-order valence-corrected chi connectivity index (χ3v) is 4.03. The summed E-state index contributed by atoms with van der Waals surface area (Å²) in [5, 5.41) is 6.60. The lowest BCUT2D eigenvalue weighted by Gasteiger charge is -2.09. The molecule has 0 radical (unpaired) electrons. The molecule has 1 aliphatic carbocycles. The van der Waals surface area contributed by atoms with Gasteiger partial charge in [0.05, 0.1) is 5.25 Å². The number of hydrogen-bond acceptors (Lipinski definition) is 3. The Kier molecular flexibility index (Phi) is 3.70. The Labute approximate surface area is 89.4 Å². The van der Waals surface area contributed by atoms with E-state index in [0.717, 1.165) is 31.3 Å². The van der Waals surface area contributed by atoms with E-state index in [1.807, 2.05) is 0 Å². The molecule has 1 amide bonds. The van der Waals surface area contributed by atoms with Gasteiger partial charge in [0.15, 0.2) is 0 Å². The lowest BCUT2D eigenvalue weighted by atomic mass is 10.2. The first kappa shape index (κ1) is 10.3. The fourth-order valence-electron chi connectivity index (χ4n) is 1.65. The average Bonchev–Trinajstić information content (AvgIpc) is 2.84. The van der Waals surface area contributed by atoms with Crippen LogP contribution in [0.3, 0.4) is 0 Å². The minimum atomic E-state index is 0.232. The lowest BCUT2D eigenvalue weighted by molar-refractivity contribution is -0.120. The molecule has 1 heterocycles. The summed E-state index contributed by atoms with van der Waals surface area (Å²) in [6.45, 7) is 1.71. The Bertz CT molecular complexity index is 200. The molecule has 1 saturated heterocycles. The van der Waals surface area contributed by atoms with Gasteiger partial charge >= 0.3 is 0 Å². The van der Waals surface area contributed by atoms with E-state index >= 15 is 0 Å². The number of thioether (sulfide) groups is 1. The highest BCUT2D eigenvalue weighted by Gasteiger charge is 2.23. The molecule has 1 atom stereocenters. The van der Waals surface area contributed by atoms with Crippen molar-refractivity contribution >= 4 is 17.7 Å². The van der Waals surface area contributed by atoms with Gasteiger partial charge in [-0.15, -0.1) is 11.8 Å². The number of carbonyl (C=O) groups is 1. The number of nitrogens with one attached hydrogen (secondary N) is 2. The molecule has 0 spiro atoms. The van der Waals surface area contributed by atoms with E-state index in [2.05, 4.69) is 10.6 Å². The predicted octanol–water partition coefficient (Wildman–Crippen LogP) is 0.750. The minimum absolute atomic E-state index is 0.232. The second-order valence-electron chi connectivity index (χ2n) is 4.02. The van der Waals surface area contributed by atoms with Crippen molar-refractivity contribution in [3.63, 3.8) is 0 Å². The summed E-state index contributed by atoms with van der Waals surface area (Å²) < 4.78 is 0. The van der Waals surface area contributed by atoms with Crippen molar-refractivity contribution in [3.8, 4) is 0 Å². The minimum Gasteiger partial charge on any atom is -0.354 e. The van der Waals surface area contributed by atoms with Gasteiger partial charge in [0.1, 0.15) is 0 Å². The molecule has 4 heteroatoms. The molecule has 0 aromatic carbocycles. The Morgan fingerprint density at radius 2 is 2.14 bits per heavy atom. The Balaban J connectivity index is 1.52. The van der Waals surface area contributed by atoms with E-state index in [4.69, 9.17) is 0 Å². The highest BCUT2D eigenvalue weighted by Crippen LogP contribution is 2.25. The fourth-order valence-corrected chi connectivity index (χ4v) is 2.83. The van der Waals surface area contributed by atoms with Crippen LogP contribution in [0, 0.1) is 0 Å². The van der Waals surface area contributed by atoms with Crippen LogP contribution in [-0.4, -0.2) is 36.0 Å². The van der Waals surface area contributed by atoms with Gasteiger partial charge in [-0.3, -0.25) is 4.79 Å².